The molecule has 0 aliphatic rings. The Kier molecular flexibility index (Phi) is 8.56. The average Bonchev–Trinajstić information content (AvgIpc) is 2.68. The highest BCUT2D eigenvalue weighted by Crippen LogP contribution is 2.27. The molecule has 0 atom stereocenters. The summed E-state index contributed by atoms with van der Waals surface area (Å²) in [5.41, 5.74) is 2.69. The number of nitrogens with one attached hydrogen (secondary N) is 2. The molecule has 2 rings (SSSR count). The van der Waals surface area contributed by atoms with Crippen LogP contribution in [-0.4, -0.2) is 39.8 Å². The molecule has 2 aromatic rings. The Bertz CT molecular complexity index is 574. The van der Waals surface area contributed by atoms with Crippen LogP contribution >= 0.6 is 0 Å². The van der Waals surface area contributed by atoms with Gasteiger partial charge in [0.2, 0.25) is 0 Å². The summed E-state index contributed by atoms with van der Waals surface area (Å²) in [4.78, 5) is 4.28. The predicted octanol–water partition coefficient (Wildman–Crippen LogP) is 3.41. The molecule has 4 heteroatoms. The lowest BCUT2D eigenvalue weighted by molar-refractivity contribution is 0.195. The lowest BCUT2D eigenvalue weighted by Gasteiger charge is -2.19. The second kappa shape index (κ2) is 11.3. The van der Waals surface area contributed by atoms with Crippen LogP contribution in [0, 0.1) is 0 Å². The van der Waals surface area contributed by atoms with Crippen molar-refractivity contribution in [1.82, 2.24) is 10.6 Å². The Labute approximate surface area is 151 Å². The number of guanidine groups is 1. The van der Waals surface area contributed by atoms with E-state index in [0.717, 1.165) is 38.5 Å². The molecule has 0 radical (unpaired) electrons. The van der Waals surface area contributed by atoms with Gasteiger partial charge in [0.25, 0.3) is 0 Å². The lowest BCUT2D eigenvalue weighted by Crippen LogP contribution is -2.38. The van der Waals surface area contributed by atoms with Gasteiger partial charge < -0.3 is 15.4 Å². The summed E-state index contributed by atoms with van der Waals surface area (Å²) in [6, 6.07) is 21.4. The van der Waals surface area contributed by atoms with Crippen molar-refractivity contribution in [3.05, 3.63) is 71.8 Å². The first-order valence-electron chi connectivity index (χ1n) is 8.88. The van der Waals surface area contributed by atoms with E-state index >= 15 is 0 Å². The summed E-state index contributed by atoms with van der Waals surface area (Å²) in [5, 5.41) is 6.73. The van der Waals surface area contributed by atoms with Gasteiger partial charge >= 0.3 is 0 Å². The molecule has 0 bridgehead atoms. The monoisotopic (exact) mass is 339 g/mol. The van der Waals surface area contributed by atoms with E-state index in [9.17, 15) is 0 Å². The fraction of sp³-hybridized carbons (Fsp3) is 0.381. The van der Waals surface area contributed by atoms with Crippen LogP contribution in [0.25, 0.3) is 0 Å². The third-order valence-corrected chi connectivity index (χ3v) is 4.17. The van der Waals surface area contributed by atoms with Gasteiger partial charge in [-0.25, -0.2) is 0 Å². The van der Waals surface area contributed by atoms with Gasteiger partial charge in [-0.1, -0.05) is 60.7 Å². The fourth-order valence-electron chi connectivity index (χ4n) is 2.88. The number of benzene rings is 2. The highest BCUT2D eigenvalue weighted by molar-refractivity contribution is 5.79. The van der Waals surface area contributed by atoms with Crippen LogP contribution in [0.3, 0.4) is 0 Å². The first kappa shape index (κ1) is 19.0. The Balaban J connectivity index is 1.92. The highest BCUT2D eigenvalue weighted by Gasteiger charge is 2.13. The predicted molar refractivity (Wildman–Crippen MR) is 105 cm³/mol. The first-order chi connectivity index (χ1) is 12.3. The van der Waals surface area contributed by atoms with Crippen LogP contribution in [0.1, 0.15) is 29.9 Å². The number of methoxy groups -OCH3 is 1. The first-order valence-corrected chi connectivity index (χ1v) is 8.88. The summed E-state index contributed by atoms with van der Waals surface area (Å²) < 4.78 is 5.07. The van der Waals surface area contributed by atoms with Gasteiger partial charge in [0.15, 0.2) is 5.96 Å². The van der Waals surface area contributed by atoms with E-state index in [2.05, 4.69) is 76.3 Å². The number of aliphatic imine (C=N–C) groups is 1. The molecule has 0 aliphatic carbocycles. The van der Waals surface area contributed by atoms with Gasteiger partial charge in [-0.3, -0.25) is 4.99 Å². The van der Waals surface area contributed by atoms with Gasteiger partial charge in [0, 0.05) is 39.8 Å². The normalized spacial score (nSPS) is 11.6. The van der Waals surface area contributed by atoms with Crippen molar-refractivity contribution in [2.24, 2.45) is 4.99 Å². The molecule has 4 nitrogen and oxygen atoms in total. The topological polar surface area (TPSA) is 45.7 Å². The van der Waals surface area contributed by atoms with E-state index in [1.165, 1.54) is 11.1 Å². The zero-order chi connectivity index (χ0) is 17.7. The minimum atomic E-state index is 0.376. The summed E-state index contributed by atoms with van der Waals surface area (Å²) in [5.74, 6) is 1.22. The van der Waals surface area contributed by atoms with Crippen molar-refractivity contribution >= 4 is 5.96 Å². The van der Waals surface area contributed by atoms with E-state index in [4.69, 9.17) is 4.74 Å². The minimum absolute atomic E-state index is 0.376. The van der Waals surface area contributed by atoms with E-state index < -0.39 is 0 Å². The molecule has 2 aromatic carbocycles. The molecule has 0 spiro atoms. The van der Waals surface area contributed by atoms with E-state index in [1.54, 1.807) is 14.2 Å². The van der Waals surface area contributed by atoms with Crippen molar-refractivity contribution in [3.63, 3.8) is 0 Å². The van der Waals surface area contributed by atoms with Gasteiger partial charge in [-0.15, -0.1) is 0 Å². The van der Waals surface area contributed by atoms with Crippen molar-refractivity contribution in [3.8, 4) is 0 Å². The summed E-state index contributed by atoms with van der Waals surface area (Å²) >= 11 is 0. The highest BCUT2D eigenvalue weighted by atomic mass is 16.5. The van der Waals surface area contributed by atoms with Gasteiger partial charge in [0.05, 0.1) is 0 Å². The average molecular weight is 339 g/mol. The maximum atomic E-state index is 5.07. The molecule has 25 heavy (non-hydrogen) atoms. The summed E-state index contributed by atoms with van der Waals surface area (Å²) in [6.07, 6.45) is 1.97. The third kappa shape index (κ3) is 6.59. The molecule has 0 aliphatic heterocycles. The number of hydrogen-bond donors (Lipinski definition) is 2. The number of hydrogen-bond acceptors (Lipinski definition) is 2. The molecule has 0 saturated heterocycles. The quantitative estimate of drug-likeness (QED) is 0.418. The van der Waals surface area contributed by atoms with Crippen LogP contribution in [0.5, 0.6) is 0 Å². The van der Waals surface area contributed by atoms with Crippen LogP contribution in [-0.2, 0) is 4.74 Å². The molecule has 0 aromatic heterocycles. The molecule has 0 unspecified atom stereocenters. The lowest BCUT2D eigenvalue weighted by atomic mass is 9.88. The van der Waals surface area contributed by atoms with Gasteiger partial charge in [-0.05, 0) is 24.0 Å². The SMILES string of the molecule is CN=C(NCCCOC)NCCC(c1ccccc1)c1ccccc1. The Morgan fingerprint density at radius 1 is 0.920 bits per heavy atom. The van der Waals surface area contributed by atoms with Crippen molar-refractivity contribution < 1.29 is 4.74 Å². The van der Waals surface area contributed by atoms with Crippen LogP contribution < -0.4 is 10.6 Å². The maximum absolute atomic E-state index is 5.07. The molecule has 0 fully saturated rings. The molecular weight excluding hydrogens is 310 g/mol. The zero-order valence-corrected chi connectivity index (χ0v) is 15.2. The standard InChI is InChI=1S/C21H29N3O/c1-22-21(23-15-9-17-25-2)24-16-14-20(18-10-5-3-6-11-18)19-12-7-4-8-13-19/h3-8,10-13,20H,9,14-17H2,1-2H3,(H2,22,23,24). The second-order valence-electron chi connectivity index (χ2n) is 5.93. The van der Waals surface area contributed by atoms with Crippen LogP contribution in [0.4, 0.5) is 0 Å². The van der Waals surface area contributed by atoms with Crippen LogP contribution in [0.15, 0.2) is 65.7 Å². The molecule has 0 amide bonds. The summed E-state index contributed by atoms with van der Waals surface area (Å²) in [7, 11) is 3.53. The maximum Gasteiger partial charge on any atom is 0.190 e. The molecule has 0 saturated carbocycles. The van der Waals surface area contributed by atoms with Crippen molar-refractivity contribution in [2.75, 3.05) is 33.9 Å². The molecule has 2 N–H and O–H groups in total. The van der Waals surface area contributed by atoms with E-state index in [-0.39, 0.29) is 0 Å². The fourth-order valence-corrected chi connectivity index (χ4v) is 2.88. The Morgan fingerprint density at radius 2 is 1.48 bits per heavy atom. The molecule has 0 heterocycles. The number of ether oxygens (including phenoxy) is 1. The van der Waals surface area contributed by atoms with E-state index in [1.807, 2.05) is 0 Å². The van der Waals surface area contributed by atoms with Crippen molar-refractivity contribution in [2.45, 2.75) is 18.8 Å². The smallest absolute Gasteiger partial charge is 0.190 e. The van der Waals surface area contributed by atoms with Gasteiger partial charge in [0.1, 0.15) is 0 Å². The Morgan fingerprint density at radius 3 is 2.00 bits per heavy atom. The van der Waals surface area contributed by atoms with Gasteiger partial charge in [-0.2, -0.15) is 0 Å². The minimum Gasteiger partial charge on any atom is -0.385 e. The second-order valence-corrected chi connectivity index (χ2v) is 5.93. The van der Waals surface area contributed by atoms with Crippen LogP contribution in [0.2, 0.25) is 0 Å². The number of nitrogens with zero attached hydrogens (tertiary/aromatic N) is 1. The summed E-state index contributed by atoms with van der Waals surface area (Å²) in [6.45, 7) is 2.47. The van der Waals surface area contributed by atoms with Crippen molar-refractivity contribution in [1.29, 1.82) is 0 Å². The van der Waals surface area contributed by atoms with E-state index in [0.29, 0.717) is 5.92 Å². The Hall–Kier alpha value is -2.33. The number of rotatable bonds is 9. The zero-order valence-electron chi connectivity index (χ0n) is 15.2. The molecule has 134 valence electrons. The third-order valence-electron chi connectivity index (χ3n) is 4.17. The molecular formula is C21H29N3O. The largest absolute Gasteiger partial charge is 0.385 e.